The minimum Gasteiger partial charge on any atom is -0.399 e. The SMILES string of the molecule is Cc1ccc(N)cc1SCC1(CC#N)CC1. The van der Waals surface area contributed by atoms with E-state index in [0.717, 1.165) is 11.4 Å². The molecule has 0 atom stereocenters. The summed E-state index contributed by atoms with van der Waals surface area (Å²) < 4.78 is 0. The Morgan fingerprint density at radius 2 is 2.25 bits per heavy atom. The molecule has 0 amide bonds. The maximum absolute atomic E-state index is 8.76. The van der Waals surface area contributed by atoms with E-state index < -0.39 is 0 Å². The lowest BCUT2D eigenvalue weighted by molar-refractivity contribution is 0.604. The lowest BCUT2D eigenvalue weighted by Gasteiger charge is -2.12. The lowest BCUT2D eigenvalue weighted by atomic mass is 10.1. The van der Waals surface area contributed by atoms with Crippen molar-refractivity contribution in [2.24, 2.45) is 5.41 Å². The first-order chi connectivity index (χ1) is 7.65. The number of aryl methyl sites for hydroxylation is 1. The number of nitrogens with zero attached hydrogens (tertiary/aromatic N) is 1. The summed E-state index contributed by atoms with van der Waals surface area (Å²) in [5.41, 5.74) is 8.17. The molecule has 1 fully saturated rings. The number of benzene rings is 1. The molecule has 1 aliphatic rings. The van der Waals surface area contributed by atoms with Crippen molar-refractivity contribution in [2.75, 3.05) is 11.5 Å². The van der Waals surface area contributed by atoms with Gasteiger partial charge in [0.25, 0.3) is 0 Å². The van der Waals surface area contributed by atoms with Crippen molar-refractivity contribution >= 4 is 17.4 Å². The summed E-state index contributed by atoms with van der Waals surface area (Å²) >= 11 is 1.84. The Bertz CT molecular complexity index is 430. The molecule has 0 aliphatic heterocycles. The molecule has 1 aliphatic carbocycles. The fourth-order valence-electron chi connectivity index (χ4n) is 1.72. The normalized spacial score (nSPS) is 16.8. The molecule has 16 heavy (non-hydrogen) atoms. The average molecular weight is 232 g/mol. The highest BCUT2D eigenvalue weighted by molar-refractivity contribution is 7.99. The zero-order valence-corrected chi connectivity index (χ0v) is 10.3. The van der Waals surface area contributed by atoms with E-state index in [1.165, 1.54) is 23.3 Å². The summed E-state index contributed by atoms with van der Waals surface area (Å²) in [5, 5.41) is 8.76. The van der Waals surface area contributed by atoms with Gasteiger partial charge in [-0.2, -0.15) is 5.26 Å². The van der Waals surface area contributed by atoms with Crippen LogP contribution >= 0.6 is 11.8 Å². The van der Waals surface area contributed by atoms with Gasteiger partial charge < -0.3 is 5.73 Å². The van der Waals surface area contributed by atoms with Gasteiger partial charge in [0.05, 0.1) is 6.07 Å². The zero-order valence-electron chi connectivity index (χ0n) is 9.49. The van der Waals surface area contributed by atoms with E-state index in [2.05, 4.69) is 19.1 Å². The van der Waals surface area contributed by atoms with Crippen molar-refractivity contribution in [3.8, 4) is 6.07 Å². The second-order valence-electron chi connectivity index (χ2n) is 4.65. The summed E-state index contributed by atoms with van der Waals surface area (Å²) in [6, 6.07) is 8.31. The van der Waals surface area contributed by atoms with Crippen LogP contribution in [0.2, 0.25) is 0 Å². The number of hydrogen-bond donors (Lipinski definition) is 1. The molecule has 2 nitrogen and oxygen atoms in total. The smallest absolute Gasteiger partial charge is 0.0627 e. The predicted molar refractivity (Wildman–Crippen MR) is 68.2 cm³/mol. The molecule has 3 heteroatoms. The maximum atomic E-state index is 8.76. The summed E-state index contributed by atoms with van der Waals surface area (Å²) in [4.78, 5) is 1.25. The van der Waals surface area contributed by atoms with Crippen LogP contribution in [0.3, 0.4) is 0 Å². The lowest BCUT2D eigenvalue weighted by Crippen LogP contribution is -2.02. The summed E-state index contributed by atoms with van der Waals surface area (Å²) in [6.07, 6.45) is 3.10. The number of thioether (sulfide) groups is 1. The Hall–Kier alpha value is -1.14. The minimum atomic E-state index is 0.302. The Balaban J connectivity index is 2.00. The first kappa shape index (κ1) is 11.3. The predicted octanol–water partition coefficient (Wildman–Crippen LogP) is 3.36. The molecule has 2 rings (SSSR count). The molecule has 0 unspecified atom stereocenters. The fraction of sp³-hybridized carbons (Fsp3) is 0.462. The van der Waals surface area contributed by atoms with Gasteiger partial charge in [-0.1, -0.05) is 6.07 Å². The standard InChI is InChI=1S/C13H16N2S/c1-10-2-3-11(15)8-12(10)16-9-13(4-5-13)6-7-14/h2-3,8H,4-6,9,15H2,1H3. The Morgan fingerprint density at radius 3 is 2.88 bits per heavy atom. The third kappa shape index (κ3) is 2.51. The van der Waals surface area contributed by atoms with Crippen LogP contribution in [0.5, 0.6) is 0 Å². The fourth-order valence-corrected chi connectivity index (χ4v) is 3.09. The van der Waals surface area contributed by atoms with Crippen LogP contribution in [-0.4, -0.2) is 5.75 Å². The van der Waals surface area contributed by atoms with Crippen LogP contribution in [0.25, 0.3) is 0 Å². The van der Waals surface area contributed by atoms with Crippen molar-refractivity contribution in [3.63, 3.8) is 0 Å². The topological polar surface area (TPSA) is 49.8 Å². The molecule has 2 N–H and O–H groups in total. The molecule has 0 bridgehead atoms. The molecule has 1 aromatic rings. The van der Waals surface area contributed by atoms with Crippen molar-refractivity contribution in [3.05, 3.63) is 23.8 Å². The van der Waals surface area contributed by atoms with E-state index in [0.29, 0.717) is 11.8 Å². The zero-order chi connectivity index (χ0) is 11.6. The molecular weight excluding hydrogens is 216 g/mol. The second-order valence-corrected chi connectivity index (χ2v) is 5.67. The average Bonchev–Trinajstić information content (AvgIpc) is 3.01. The largest absolute Gasteiger partial charge is 0.399 e. The molecule has 0 heterocycles. The minimum absolute atomic E-state index is 0.302. The van der Waals surface area contributed by atoms with Crippen molar-refractivity contribution < 1.29 is 0 Å². The van der Waals surface area contributed by atoms with Gasteiger partial charge in [0, 0.05) is 22.8 Å². The van der Waals surface area contributed by atoms with Crippen molar-refractivity contribution in [1.82, 2.24) is 0 Å². The van der Waals surface area contributed by atoms with Crippen LogP contribution < -0.4 is 5.73 Å². The van der Waals surface area contributed by atoms with E-state index in [9.17, 15) is 0 Å². The molecule has 0 saturated heterocycles. The summed E-state index contributed by atoms with van der Waals surface area (Å²) in [6.45, 7) is 2.10. The highest BCUT2D eigenvalue weighted by Crippen LogP contribution is 2.51. The molecule has 84 valence electrons. The van der Waals surface area contributed by atoms with Gasteiger partial charge in [0.15, 0.2) is 0 Å². The van der Waals surface area contributed by atoms with E-state index in [-0.39, 0.29) is 0 Å². The number of nitrogens with two attached hydrogens (primary N) is 1. The van der Waals surface area contributed by atoms with Crippen molar-refractivity contribution in [2.45, 2.75) is 31.1 Å². The first-order valence-corrected chi connectivity index (χ1v) is 6.50. The van der Waals surface area contributed by atoms with Crippen LogP contribution in [0.15, 0.2) is 23.1 Å². The van der Waals surface area contributed by atoms with Gasteiger partial charge in [0.2, 0.25) is 0 Å². The van der Waals surface area contributed by atoms with Gasteiger partial charge in [-0.15, -0.1) is 11.8 Å². The first-order valence-electron chi connectivity index (χ1n) is 5.51. The van der Waals surface area contributed by atoms with Crippen molar-refractivity contribution in [1.29, 1.82) is 5.26 Å². The second kappa shape index (κ2) is 4.39. The number of nitriles is 1. The number of rotatable bonds is 4. The maximum Gasteiger partial charge on any atom is 0.0627 e. The van der Waals surface area contributed by atoms with Crippen LogP contribution in [0.1, 0.15) is 24.8 Å². The van der Waals surface area contributed by atoms with Crippen LogP contribution in [-0.2, 0) is 0 Å². The highest BCUT2D eigenvalue weighted by Gasteiger charge is 2.42. The van der Waals surface area contributed by atoms with Gasteiger partial charge in [-0.3, -0.25) is 0 Å². The summed E-state index contributed by atoms with van der Waals surface area (Å²) in [5.74, 6) is 1.05. The highest BCUT2D eigenvalue weighted by atomic mass is 32.2. The third-order valence-corrected chi connectivity index (χ3v) is 4.66. The van der Waals surface area contributed by atoms with E-state index in [1.807, 2.05) is 23.9 Å². The Morgan fingerprint density at radius 1 is 1.50 bits per heavy atom. The summed E-state index contributed by atoms with van der Waals surface area (Å²) in [7, 11) is 0. The molecular formula is C13H16N2S. The quantitative estimate of drug-likeness (QED) is 0.639. The van der Waals surface area contributed by atoms with E-state index in [1.54, 1.807) is 0 Å². The van der Waals surface area contributed by atoms with Gasteiger partial charge in [-0.05, 0) is 42.9 Å². The van der Waals surface area contributed by atoms with E-state index in [4.69, 9.17) is 11.0 Å². The van der Waals surface area contributed by atoms with Gasteiger partial charge in [-0.25, -0.2) is 0 Å². The van der Waals surface area contributed by atoms with Crippen LogP contribution in [0.4, 0.5) is 5.69 Å². The number of nitrogen functional groups attached to an aromatic ring is 1. The number of anilines is 1. The molecule has 0 radical (unpaired) electrons. The third-order valence-electron chi connectivity index (χ3n) is 3.16. The van der Waals surface area contributed by atoms with E-state index >= 15 is 0 Å². The molecule has 1 aromatic carbocycles. The monoisotopic (exact) mass is 232 g/mol. The molecule has 1 saturated carbocycles. The van der Waals surface area contributed by atoms with Gasteiger partial charge >= 0.3 is 0 Å². The van der Waals surface area contributed by atoms with Crippen LogP contribution in [0, 0.1) is 23.7 Å². The number of hydrogen-bond acceptors (Lipinski definition) is 3. The van der Waals surface area contributed by atoms with Gasteiger partial charge in [0.1, 0.15) is 0 Å². The molecule has 0 aromatic heterocycles. The molecule has 0 spiro atoms. The Kier molecular flexibility index (Phi) is 3.11. The Labute approximate surface area is 101 Å².